The second-order valence-electron chi connectivity index (χ2n) is 4.98. The Morgan fingerprint density at radius 1 is 1.21 bits per heavy atom. The number of nitrogens with zero attached hydrogens (tertiary/aromatic N) is 1. The number of hydrazine groups is 1. The van der Waals surface area contributed by atoms with Gasteiger partial charge in [0.05, 0.1) is 6.17 Å². The van der Waals surface area contributed by atoms with Gasteiger partial charge in [0.25, 0.3) is 0 Å². The van der Waals surface area contributed by atoms with Crippen LogP contribution in [-0.2, 0) is 0 Å². The van der Waals surface area contributed by atoms with Gasteiger partial charge in [0.2, 0.25) is 0 Å². The third-order valence-electron chi connectivity index (χ3n) is 3.18. The number of hydrogen-bond donors (Lipinski definition) is 3. The zero-order valence-corrected chi connectivity index (χ0v) is 9.54. The topological polar surface area (TPSA) is 39.3 Å². The van der Waals surface area contributed by atoms with E-state index >= 15 is 0 Å². The fraction of sp³-hybridized carbons (Fsp3) is 1.00. The number of rotatable bonds is 1. The third kappa shape index (κ3) is 1.80. The van der Waals surface area contributed by atoms with Crippen molar-refractivity contribution in [3.05, 3.63) is 0 Å². The van der Waals surface area contributed by atoms with Gasteiger partial charge in [-0.2, -0.15) is 0 Å². The smallest absolute Gasteiger partial charge is 0.129 e. The van der Waals surface area contributed by atoms with Gasteiger partial charge in [-0.25, -0.2) is 10.4 Å². The van der Waals surface area contributed by atoms with E-state index in [-0.39, 0.29) is 0 Å². The molecule has 2 aliphatic heterocycles. The molecule has 0 aliphatic carbocycles. The first-order chi connectivity index (χ1) is 6.58. The van der Waals surface area contributed by atoms with Gasteiger partial charge in [-0.3, -0.25) is 10.6 Å². The maximum absolute atomic E-state index is 3.56. The summed E-state index contributed by atoms with van der Waals surface area (Å²) in [5.41, 5.74) is 3.52. The Morgan fingerprint density at radius 3 is 2.57 bits per heavy atom. The van der Waals surface area contributed by atoms with Crippen molar-refractivity contribution in [2.45, 2.75) is 58.7 Å². The number of fused-ring (bicyclic) bond motifs is 1. The third-order valence-corrected chi connectivity index (χ3v) is 3.18. The van der Waals surface area contributed by atoms with Gasteiger partial charge in [-0.1, -0.05) is 13.8 Å². The molecule has 0 aromatic heterocycles. The van der Waals surface area contributed by atoms with Gasteiger partial charge in [-0.15, -0.1) is 0 Å². The van der Waals surface area contributed by atoms with Crippen LogP contribution in [-0.4, -0.2) is 29.5 Å². The first kappa shape index (κ1) is 10.4. The molecule has 0 amide bonds. The highest BCUT2D eigenvalue weighted by atomic mass is 15.7. The van der Waals surface area contributed by atoms with E-state index in [1.807, 2.05) is 0 Å². The average Bonchev–Trinajstić information content (AvgIpc) is 2.47. The first-order valence-corrected chi connectivity index (χ1v) is 5.64. The Labute approximate surface area is 86.4 Å². The van der Waals surface area contributed by atoms with Crippen molar-refractivity contribution < 1.29 is 0 Å². The van der Waals surface area contributed by atoms with Crippen LogP contribution in [0.2, 0.25) is 0 Å². The molecule has 2 heterocycles. The van der Waals surface area contributed by atoms with Gasteiger partial charge in [-0.05, 0) is 26.2 Å². The zero-order valence-electron chi connectivity index (χ0n) is 9.54. The maximum atomic E-state index is 3.56. The van der Waals surface area contributed by atoms with E-state index in [9.17, 15) is 0 Å². The molecule has 0 bridgehead atoms. The van der Waals surface area contributed by atoms with Crippen LogP contribution in [0.3, 0.4) is 0 Å². The normalized spacial score (nSPS) is 44.4. The molecule has 0 saturated carbocycles. The van der Waals surface area contributed by atoms with Crippen LogP contribution in [0, 0.1) is 5.92 Å². The number of hydrogen-bond acceptors (Lipinski definition) is 4. The van der Waals surface area contributed by atoms with Gasteiger partial charge in [0.1, 0.15) is 6.29 Å². The van der Waals surface area contributed by atoms with Crippen molar-refractivity contribution in [2.75, 3.05) is 0 Å². The lowest BCUT2D eigenvalue weighted by atomic mass is 10.1. The van der Waals surface area contributed by atoms with Crippen molar-refractivity contribution in [1.82, 2.24) is 21.1 Å². The molecule has 4 atom stereocenters. The van der Waals surface area contributed by atoms with Crippen molar-refractivity contribution >= 4 is 0 Å². The summed E-state index contributed by atoms with van der Waals surface area (Å²) in [7, 11) is 0. The summed E-state index contributed by atoms with van der Waals surface area (Å²) in [6, 6.07) is 1.21. The van der Waals surface area contributed by atoms with E-state index < -0.39 is 0 Å². The van der Waals surface area contributed by atoms with Crippen molar-refractivity contribution in [1.29, 1.82) is 0 Å². The lowest BCUT2D eigenvalue weighted by Gasteiger charge is -2.38. The molecule has 4 unspecified atom stereocenters. The first-order valence-electron chi connectivity index (χ1n) is 5.64. The predicted molar refractivity (Wildman–Crippen MR) is 57.2 cm³/mol. The minimum atomic E-state index is 0.307. The molecule has 0 aromatic rings. The van der Waals surface area contributed by atoms with E-state index in [2.05, 4.69) is 48.8 Å². The highest BCUT2D eigenvalue weighted by Crippen LogP contribution is 2.19. The largest absolute Gasteiger partial charge is 0.286 e. The minimum Gasteiger partial charge on any atom is -0.286 e. The summed E-state index contributed by atoms with van der Waals surface area (Å²) < 4.78 is 0. The molecule has 2 aliphatic rings. The van der Waals surface area contributed by atoms with Crippen LogP contribution in [0.4, 0.5) is 0 Å². The molecule has 2 saturated heterocycles. The van der Waals surface area contributed by atoms with Gasteiger partial charge < -0.3 is 0 Å². The summed E-state index contributed by atoms with van der Waals surface area (Å²) in [6.07, 6.45) is 1.91. The van der Waals surface area contributed by atoms with Crippen molar-refractivity contribution in [2.24, 2.45) is 5.92 Å². The van der Waals surface area contributed by atoms with Crippen LogP contribution in [0.1, 0.15) is 34.1 Å². The zero-order chi connectivity index (χ0) is 10.3. The fourth-order valence-corrected chi connectivity index (χ4v) is 2.34. The fourth-order valence-electron chi connectivity index (χ4n) is 2.34. The highest BCUT2D eigenvalue weighted by molar-refractivity contribution is 4.89. The van der Waals surface area contributed by atoms with E-state index in [1.54, 1.807) is 0 Å². The van der Waals surface area contributed by atoms with Gasteiger partial charge in [0, 0.05) is 12.1 Å². The molecular weight excluding hydrogens is 176 g/mol. The van der Waals surface area contributed by atoms with Crippen LogP contribution in [0.25, 0.3) is 0 Å². The quantitative estimate of drug-likeness (QED) is 0.571. The molecule has 14 heavy (non-hydrogen) atoms. The summed E-state index contributed by atoms with van der Waals surface area (Å²) >= 11 is 0. The molecule has 0 aromatic carbocycles. The summed E-state index contributed by atoms with van der Waals surface area (Å²) in [5, 5.41) is 9.41. The van der Waals surface area contributed by atoms with Gasteiger partial charge >= 0.3 is 0 Å². The summed E-state index contributed by atoms with van der Waals surface area (Å²) in [4.78, 5) is 0. The molecule has 3 N–H and O–H groups in total. The maximum Gasteiger partial charge on any atom is 0.129 e. The lowest BCUT2D eigenvalue weighted by Crippen LogP contribution is -2.61. The SMILES string of the molecule is CC1CC(C)N2NC(C(C)C)NC2N1. The van der Waals surface area contributed by atoms with E-state index in [4.69, 9.17) is 0 Å². The number of nitrogens with one attached hydrogen (secondary N) is 3. The minimum absolute atomic E-state index is 0.307. The lowest BCUT2D eigenvalue weighted by molar-refractivity contribution is 0.0446. The molecule has 4 heteroatoms. The molecular formula is C10H22N4. The Bertz CT molecular complexity index is 206. The Morgan fingerprint density at radius 2 is 1.93 bits per heavy atom. The summed E-state index contributed by atoms with van der Waals surface area (Å²) in [5.74, 6) is 0.616. The van der Waals surface area contributed by atoms with Crippen LogP contribution in [0.15, 0.2) is 0 Å². The Hall–Kier alpha value is -0.160. The van der Waals surface area contributed by atoms with E-state index in [0.29, 0.717) is 30.5 Å². The van der Waals surface area contributed by atoms with E-state index in [1.165, 1.54) is 6.42 Å². The Balaban J connectivity index is 2.02. The molecule has 0 spiro atoms. The van der Waals surface area contributed by atoms with Crippen LogP contribution >= 0.6 is 0 Å². The van der Waals surface area contributed by atoms with Gasteiger partial charge in [0.15, 0.2) is 0 Å². The van der Waals surface area contributed by atoms with Crippen molar-refractivity contribution in [3.8, 4) is 0 Å². The highest BCUT2D eigenvalue weighted by Gasteiger charge is 2.39. The molecule has 4 nitrogen and oxygen atoms in total. The van der Waals surface area contributed by atoms with Crippen LogP contribution < -0.4 is 16.1 Å². The molecule has 82 valence electrons. The van der Waals surface area contributed by atoms with Crippen molar-refractivity contribution in [3.63, 3.8) is 0 Å². The van der Waals surface area contributed by atoms with E-state index in [0.717, 1.165) is 0 Å². The molecule has 0 radical (unpaired) electrons. The predicted octanol–water partition coefficient (Wildman–Crippen LogP) is 0.432. The Kier molecular flexibility index (Phi) is 2.79. The standard InChI is InChI=1S/C10H22N4/c1-6(2)9-12-10-11-7(3)5-8(4)14(10)13-9/h6-13H,5H2,1-4H3. The second kappa shape index (κ2) is 3.77. The molecule has 2 rings (SSSR count). The average molecular weight is 198 g/mol. The second-order valence-corrected chi connectivity index (χ2v) is 4.98. The molecule has 2 fully saturated rings. The summed E-state index contributed by atoms with van der Waals surface area (Å²) in [6.45, 7) is 8.99. The van der Waals surface area contributed by atoms with Crippen LogP contribution in [0.5, 0.6) is 0 Å². The monoisotopic (exact) mass is 198 g/mol.